The van der Waals surface area contributed by atoms with Crippen LogP contribution in [0.25, 0.3) is 10.9 Å². The number of carbonyl (C=O) groups excluding carboxylic acids is 1. The van der Waals surface area contributed by atoms with Gasteiger partial charge >= 0.3 is 5.97 Å². The Morgan fingerprint density at radius 3 is 2.61 bits per heavy atom. The number of aromatic hydroxyl groups is 1. The van der Waals surface area contributed by atoms with Gasteiger partial charge in [-0.2, -0.15) is 0 Å². The maximum atomic E-state index is 13.6. The number of nitrogens with one attached hydrogen (secondary N) is 1. The molecule has 33 heavy (non-hydrogen) atoms. The van der Waals surface area contributed by atoms with E-state index in [1.165, 1.54) is 0 Å². The molecule has 2 N–H and O–H groups in total. The highest BCUT2D eigenvalue weighted by molar-refractivity contribution is 5.81. The fourth-order valence-corrected chi connectivity index (χ4v) is 4.46. The minimum absolute atomic E-state index is 0.0787. The molecule has 1 atom stereocenters. The van der Waals surface area contributed by atoms with Gasteiger partial charge in [-0.15, -0.1) is 0 Å². The predicted octanol–water partition coefficient (Wildman–Crippen LogP) is 3.39. The molecule has 1 unspecified atom stereocenters. The second kappa shape index (κ2) is 8.09. The van der Waals surface area contributed by atoms with Crippen molar-refractivity contribution in [2.75, 3.05) is 0 Å². The van der Waals surface area contributed by atoms with Crippen LogP contribution in [0.2, 0.25) is 0 Å². The van der Waals surface area contributed by atoms with Crippen molar-refractivity contribution in [1.82, 2.24) is 9.55 Å². The Morgan fingerprint density at radius 1 is 1.06 bits per heavy atom. The molecule has 0 bridgehead atoms. The molecule has 0 fully saturated rings. The third-order valence-electron chi connectivity index (χ3n) is 6.17. The number of aromatic amines is 1. The highest BCUT2D eigenvalue weighted by Gasteiger charge is 2.34. The number of hydrogen-bond acceptors (Lipinski definition) is 5. The van der Waals surface area contributed by atoms with Crippen LogP contribution in [-0.2, 0) is 17.8 Å². The highest BCUT2D eigenvalue weighted by Crippen LogP contribution is 2.36. The third-order valence-corrected chi connectivity index (χ3v) is 6.17. The molecule has 0 amide bonds. The maximum Gasteiger partial charge on any atom is 0.312 e. The average molecular weight is 442 g/mol. The Morgan fingerprint density at radius 2 is 1.82 bits per heavy atom. The van der Waals surface area contributed by atoms with Crippen molar-refractivity contribution < 1.29 is 14.6 Å². The SMILES string of the molecule is Cc1cc2c(c(=O)n1CCc1ccc(O)cc1)C(c1cc3ccccc3[nH]c1=O)CC(=O)O2. The molecule has 0 saturated carbocycles. The van der Waals surface area contributed by atoms with E-state index in [1.54, 1.807) is 35.8 Å². The molecule has 0 aliphatic carbocycles. The number of aryl methyl sites for hydroxylation is 2. The lowest BCUT2D eigenvalue weighted by Crippen LogP contribution is -2.35. The van der Waals surface area contributed by atoms with Crippen LogP contribution in [0.3, 0.4) is 0 Å². The van der Waals surface area contributed by atoms with E-state index in [-0.39, 0.29) is 29.0 Å². The number of pyridine rings is 2. The molecule has 0 spiro atoms. The number of para-hydroxylation sites is 1. The highest BCUT2D eigenvalue weighted by atomic mass is 16.5. The fraction of sp³-hybridized carbons (Fsp3) is 0.192. The minimum Gasteiger partial charge on any atom is -0.508 e. The third kappa shape index (κ3) is 3.82. The summed E-state index contributed by atoms with van der Waals surface area (Å²) in [7, 11) is 0. The molecule has 7 heteroatoms. The average Bonchev–Trinajstić information content (AvgIpc) is 2.79. The second-order valence-electron chi connectivity index (χ2n) is 8.31. The van der Waals surface area contributed by atoms with E-state index < -0.39 is 11.9 Å². The minimum atomic E-state index is -0.692. The summed E-state index contributed by atoms with van der Waals surface area (Å²) >= 11 is 0. The molecular formula is C26H22N2O5. The van der Waals surface area contributed by atoms with Gasteiger partial charge in [0.1, 0.15) is 11.5 Å². The lowest BCUT2D eigenvalue weighted by molar-refractivity contribution is -0.135. The van der Waals surface area contributed by atoms with Crippen molar-refractivity contribution in [1.29, 1.82) is 0 Å². The van der Waals surface area contributed by atoms with E-state index >= 15 is 0 Å². The van der Waals surface area contributed by atoms with Gasteiger partial charge in [-0.1, -0.05) is 30.3 Å². The van der Waals surface area contributed by atoms with Crippen LogP contribution < -0.4 is 15.9 Å². The zero-order chi connectivity index (χ0) is 23.1. The van der Waals surface area contributed by atoms with Crippen LogP contribution in [-0.4, -0.2) is 20.6 Å². The van der Waals surface area contributed by atoms with Crippen LogP contribution >= 0.6 is 0 Å². The number of nitrogens with zero attached hydrogens (tertiary/aromatic N) is 1. The summed E-state index contributed by atoms with van der Waals surface area (Å²) in [5.74, 6) is -0.762. The molecule has 3 heterocycles. The van der Waals surface area contributed by atoms with E-state index in [2.05, 4.69) is 4.98 Å². The van der Waals surface area contributed by atoms with Crippen LogP contribution in [0.4, 0.5) is 0 Å². The second-order valence-corrected chi connectivity index (χ2v) is 8.31. The van der Waals surface area contributed by atoms with Crippen molar-refractivity contribution >= 4 is 16.9 Å². The smallest absolute Gasteiger partial charge is 0.312 e. The largest absolute Gasteiger partial charge is 0.508 e. The summed E-state index contributed by atoms with van der Waals surface area (Å²) in [5, 5.41) is 10.3. The van der Waals surface area contributed by atoms with Crippen LogP contribution in [0.5, 0.6) is 11.5 Å². The van der Waals surface area contributed by atoms with Crippen molar-refractivity contribution in [3.05, 3.63) is 104 Å². The molecule has 2 aromatic heterocycles. The maximum absolute atomic E-state index is 13.6. The Hall–Kier alpha value is -4.13. The van der Waals surface area contributed by atoms with E-state index in [0.717, 1.165) is 10.9 Å². The first kappa shape index (κ1) is 20.8. The Bertz CT molecular complexity index is 1500. The normalized spacial score (nSPS) is 15.3. The number of H-pyrrole nitrogens is 1. The van der Waals surface area contributed by atoms with E-state index in [0.29, 0.717) is 35.3 Å². The van der Waals surface area contributed by atoms with Crippen molar-refractivity contribution in [2.24, 2.45) is 0 Å². The molecular weight excluding hydrogens is 420 g/mol. The van der Waals surface area contributed by atoms with Gasteiger partial charge in [0, 0.05) is 35.3 Å². The summed E-state index contributed by atoms with van der Waals surface area (Å²) in [4.78, 5) is 41.7. The quantitative estimate of drug-likeness (QED) is 0.472. The summed E-state index contributed by atoms with van der Waals surface area (Å²) in [6.07, 6.45) is 0.505. The van der Waals surface area contributed by atoms with Crippen LogP contribution in [0, 0.1) is 6.92 Å². The van der Waals surface area contributed by atoms with E-state index in [1.807, 2.05) is 36.4 Å². The number of aromatic nitrogens is 2. The van der Waals surface area contributed by atoms with Gasteiger partial charge < -0.3 is 19.4 Å². The van der Waals surface area contributed by atoms with Gasteiger partial charge in [-0.25, -0.2) is 0 Å². The number of hydrogen-bond donors (Lipinski definition) is 2. The zero-order valence-corrected chi connectivity index (χ0v) is 18.0. The lowest BCUT2D eigenvalue weighted by Gasteiger charge is -2.25. The number of rotatable bonds is 4. The van der Waals surface area contributed by atoms with Crippen molar-refractivity contribution in [3.8, 4) is 11.5 Å². The zero-order valence-electron chi connectivity index (χ0n) is 18.0. The molecule has 7 nitrogen and oxygen atoms in total. The molecule has 0 radical (unpaired) electrons. The predicted molar refractivity (Wildman–Crippen MR) is 124 cm³/mol. The topological polar surface area (TPSA) is 101 Å². The van der Waals surface area contributed by atoms with Crippen molar-refractivity contribution in [3.63, 3.8) is 0 Å². The fourth-order valence-electron chi connectivity index (χ4n) is 4.46. The first-order valence-electron chi connectivity index (χ1n) is 10.8. The molecule has 1 aliphatic rings. The van der Waals surface area contributed by atoms with E-state index in [4.69, 9.17) is 4.74 Å². The number of carbonyl (C=O) groups is 1. The molecule has 1 aliphatic heterocycles. The Balaban J connectivity index is 1.60. The number of phenolic OH excluding ortho intramolecular Hbond substituents is 1. The van der Waals surface area contributed by atoms with Crippen molar-refractivity contribution in [2.45, 2.75) is 32.2 Å². The van der Waals surface area contributed by atoms with Gasteiger partial charge in [-0.05, 0) is 48.6 Å². The number of fused-ring (bicyclic) bond motifs is 2. The molecule has 5 rings (SSSR count). The first-order valence-corrected chi connectivity index (χ1v) is 10.8. The van der Waals surface area contributed by atoms with Gasteiger partial charge in [-0.3, -0.25) is 14.4 Å². The summed E-state index contributed by atoms with van der Waals surface area (Å²) in [5.41, 5.74) is 2.44. The van der Waals surface area contributed by atoms with Gasteiger partial charge in [0.15, 0.2) is 0 Å². The summed E-state index contributed by atoms with van der Waals surface area (Å²) in [6.45, 7) is 2.20. The van der Waals surface area contributed by atoms with Gasteiger partial charge in [0.2, 0.25) is 0 Å². The van der Waals surface area contributed by atoms with Crippen LogP contribution in [0.15, 0.2) is 70.3 Å². The standard InChI is InChI=1S/C26H22N2O5/c1-15-12-22-24(26(32)28(15)11-10-16-6-8-18(29)9-7-16)19(14-23(30)33-22)20-13-17-4-2-3-5-21(17)27-25(20)31/h2-9,12-13,19,29H,10-11,14H2,1H3,(H,27,31). The Labute approximate surface area is 188 Å². The van der Waals surface area contributed by atoms with E-state index in [9.17, 15) is 19.5 Å². The first-order chi connectivity index (χ1) is 15.9. The number of phenols is 1. The number of ether oxygens (including phenoxy) is 1. The van der Waals surface area contributed by atoms with Crippen LogP contribution in [0.1, 0.15) is 34.7 Å². The monoisotopic (exact) mass is 442 g/mol. The summed E-state index contributed by atoms with van der Waals surface area (Å²) < 4.78 is 7.06. The number of esters is 1. The van der Waals surface area contributed by atoms with Gasteiger partial charge in [0.25, 0.3) is 11.1 Å². The molecule has 0 saturated heterocycles. The lowest BCUT2D eigenvalue weighted by atomic mass is 9.87. The van der Waals surface area contributed by atoms with Gasteiger partial charge in [0.05, 0.1) is 12.0 Å². The number of benzene rings is 2. The summed E-state index contributed by atoms with van der Waals surface area (Å²) in [6, 6.07) is 17.7. The molecule has 2 aromatic carbocycles. The Kier molecular flexibility index (Phi) is 5.09. The molecule has 4 aromatic rings. The molecule has 166 valence electrons.